The third-order valence-corrected chi connectivity index (χ3v) is 4.56. The Kier molecular flexibility index (Phi) is 5.75. The van der Waals surface area contributed by atoms with E-state index in [0.717, 1.165) is 35.6 Å². The molecule has 2 rings (SSSR count). The van der Waals surface area contributed by atoms with Crippen LogP contribution in [-0.4, -0.2) is 55.9 Å². The minimum Gasteiger partial charge on any atom is -0.309 e. The monoisotopic (exact) mass is 338 g/mol. The van der Waals surface area contributed by atoms with Gasteiger partial charge in [-0.05, 0) is 52.0 Å². The molecule has 110 valence electrons. The molecule has 1 aliphatic rings. The summed E-state index contributed by atoms with van der Waals surface area (Å²) in [5.41, 5.74) is 0.794. The molecule has 0 unspecified atom stereocenters. The van der Waals surface area contributed by atoms with Crippen molar-refractivity contribution in [2.45, 2.75) is 12.8 Å². The lowest BCUT2D eigenvalue weighted by molar-refractivity contribution is 0.0885. The van der Waals surface area contributed by atoms with E-state index < -0.39 is 0 Å². The summed E-state index contributed by atoms with van der Waals surface area (Å²) in [6, 6.07) is 7.68. The highest BCUT2D eigenvalue weighted by Crippen LogP contribution is 2.20. The van der Waals surface area contributed by atoms with Crippen LogP contribution in [0.1, 0.15) is 23.2 Å². The molecule has 1 aromatic rings. The van der Waals surface area contributed by atoms with E-state index in [9.17, 15) is 4.79 Å². The maximum atomic E-state index is 12.3. The van der Waals surface area contributed by atoms with Crippen molar-refractivity contribution in [2.75, 3.05) is 40.3 Å². The molecule has 0 saturated carbocycles. The molecule has 20 heavy (non-hydrogen) atoms. The predicted molar refractivity (Wildman–Crippen MR) is 86.2 cm³/mol. The first-order chi connectivity index (χ1) is 9.56. The number of ketones is 1. The van der Waals surface area contributed by atoms with Gasteiger partial charge in [-0.15, -0.1) is 0 Å². The SMILES string of the molecule is CN(C)CC1CCN(CC(=O)c2ccccc2Br)CC1. The number of likely N-dealkylation sites (tertiary alicyclic amines) is 1. The van der Waals surface area contributed by atoms with E-state index in [2.05, 4.69) is 39.8 Å². The summed E-state index contributed by atoms with van der Waals surface area (Å²) >= 11 is 3.45. The van der Waals surface area contributed by atoms with Crippen molar-refractivity contribution < 1.29 is 4.79 Å². The van der Waals surface area contributed by atoms with Crippen LogP contribution >= 0.6 is 15.9 Å². The zero-order valence-electron chi connectivity index (χ0n) is 12.3. The molecule has 1 aromatic carbocycles. The number of nitrogens with zero attached hydrogens (tertiary/aromatic N) is 2. The maximum Gasteiger partial charge on any atom is 0.177 e. The fourth-order valence-corrected chi connectivity index (χ4v) is 3.33. The first-order valence-electron chi connectivity index (χ1n) is 7.21. The molecule has 0 N–H and O–H groups in total. The molecule has 1 aliphatic heterocycles. The minimum atomic E-state index is 0.212. The smallest absolute Gasteiger partial charge is 0.177 e. The Hall–Kier alpha value is -0.710. The zero-order valence-corrected chi connectivity index (χ0v) is 13.9. The van der Waals surface area contributed by atoms with Gasteiger partial charge in [0, 0.05) is 16.6 Å². The summed E-state index contributed by atoms with van der Waals surface area (Å²) in [5, 5.41) is 0. The number of Topliss-reactive ketones (excluding diaryl/α,β-unsaturated/α-hetero) is 1. The van der Waals surface area contributed by atoms with Gasteiger partial charge in [0.2, 0.25) is 0 Å². The van der Waals surface area contributed by atoms with Crippen LogP contribution in [0.2, 0.25) is 0 Å². The van der Waals surface area contributed by atoms with E-state index >= 15 is 0 Å². The molecule has 1 heterocycles. The fourth-order valence-electron chi connectivity index (χ4n) is 2.82. The van der Waals surface area contributed by atoms with Gasteiger partial charge in [0.15, 0.2) is 5.78 Å². The third kappa shape index (κ3) is 4.40. The Morgan fingerprint density at radius 1 is 1.30 bits per heavy atom. The van der Waals surface area contributed by atoms with Gasteiger partial charge in [-0.3, -0.25) is 9.69 Å². The summed E-state index contributed by atoms with van der Waals surface area (Å²) in [7, 11) is 4.26. The normalized spacial score (nSPS) is 17.6. The van der Waals surface area contributed by atoms with Gasteiger partial charge >= 0.3 is 0 Å². The van der Waals surface area contributed by atoms with Gasteiger partial charge in [0.05, 0.1) is 6.54 Å². The number of hydrogen-bond donors (Lipinski definition) is 0. The lowest BCUT2D eigenvalue weighted by Crippen LogP contribution is -2.39. The van der Waals surface area contributed by atoms with Gasteiger partial charge in [-0.1, -0.05) is 34.1 Å². The van der Waals surface area contributed by atoms with E-state index in [4.69, 9.17) is 0 Å². The lowest BCUT2D eigenvalue weighted by atomic mass is 9.96. The number of hydrogen-bond acceptors (Lipinski definition) is 3. The first kappa shape index (κ1) is 15.7. The average Bonchev–Trinajstić information content (AvgIpc) is 2.41. The second-order valence-electron chi connectivity index (χ2n) is 5.88. The first-order valence-corrected chi connectivity index (χ1v) is 8.00. The van der Waals surface area contributed by atoms with Crippen molar-refractivity contribution >= 4 is 21.7 Å². The second-order valence-corrected chi connectivity index (χ2v) is 6.74. The molecule has 0 aliphatic carbocycles. The Balaban J connectivity index is 1.84. The van der Waals surface area contributed by atoms with E-state index in [1.165, 1.54) is 12.8 Å². The van der Waals surface area contributed by atoms with E-state index in [-0.39, 0.29) is 5.78 Å². The molecule has 0 spiro atoms. The Morgan fingerprint density at radius 3 is 2.55 bits per heavy atom. The molecule has 1 fully saturated rings. The van der Waals surface area contributed by atoms with Crippen molar-refractivity contribution in [3.05, 3.63) is 34.3 Å². The van der Waals surface area contributed by atoms with Crippen molar-refractivity contribution in [1.82, 2.24) is 9.80 Å². The number of halogens is 1. The average molecular weight is 339 g/mol. The van der Waals surface area contributed by atoms with E-state index in [0.29, 0.717) is 6.54 Å². The number of benzene rings is 1. The largest absolute Gasteiger partial charge is 0.309 e. The Bertz CT molecular complexity index is 454. The molecule has 0 radical (unpaired) electrons. The van der Waals surface area contributed by atoms with Gasteiger partial charge in [-0.25, -0.2) is 0 Å². The van der Waals surface area contributed by atoms with Crippen LogP contribution in [0.4, 0.5) is 0 Å². The molecule has 4 heteroatoms. The fraction of sp³-hybridized carbons (Fsp3) is 0.562. The van der Waals surface area contributed by atoms with Crippen LogP contribution in [0.5, 0.6) is 0 Å². The molecular formula is C16H23BrN2O. The Morgan fingerprint density at radius 2 is 1.95 bits per heavy atom. The Labute approximate surface area is 130 Å². The summed E-state index contributed by atoms with van der Waals surface area (Å²) in [6.07, 6.45) is 2.39. The van der Waals surface area contributed by atoms with Gasteiger partial charge in [0.1, 0.15) is 0 Å². The lowest BCUT2D eigenvalue weighted by Gasteiger charge is -2.32. The van der Waals surface area contributed by atoms with Crippen LogP contribution in [-0.2, 0) is 0 Å². The molecule has 3 nitrogen and oxygen atoms in total. The van der Waals surface area contributed by atoms with Crippen molar-refractivity contribution in [2.24, 2.45) is 5.92 Å². The van der Waals surface area contributed by atoms with Crippen LogP contribution in [0.3, 0.4) is 0 Å². The predicted octanol–water partition coefficient (Wildman–Crippen LogP) is 2.91. The van der Waals surface area contributed by atoms with Crippen LogP contribution < -0.4 is 0 Å². The maximum absolute atomic E-state index is 12.3. The molecule has 0 bridgehead atoms. The quantitative estimate of drug-likeness (QED) is 0.771. The second kappa shape index (κ2) is 7.34. The summed E-state index contributed by atoms with van der Waals surface area (Å²) in [6.45, 7) is 3.77. The molecule has 0 aromatic heterocycles. The zero-order chi connectivity index (χ0) is 14.5. The number of carbonyl (C=O) groups excluding carboxylic acids is 1. The van der Waals surface area contributed by atoms with Gasteiger partial charge < -0.3 is 4.90 Å². The number of carbonyl (C=O) groups is 1. The number of rotatable bonds is 5. The van der Waals surface area contributed by atoms with Crippen LogP contribution in [0, 0.1) is 5.92 Å². The minimum absolute atomic E-state index is 0.212. The van der Waals surface area contributed by atoms with Crippen molar-refractivity contribution in [1.29, 1.82) is 0 Å². The molecule has 0 atom stereocenters. The van der Waals surface area contributed by atoms with Crippen LogP contribution in [0.15, 0.2) is 28.7 Å². The molecule has 1 saturated heterocycles. The summed E-state index contributed by atoms with van der Waals surface area (Å²) in [5.74, 6) is 0.989. The van der Waals surface area contributed by atoms with E-state index in [1.807, 2.05) is 24.3 Å². The molecule has 0 amide bonds. The van der Waals surface area contributed by atoms with Crippen molar-refractivity contribution in [3.63, 3.8) is 0 Å². The highest BCUT2D eigenvalue weighted by molar-refractivity contribution is 9.10. The van der Waals surface area contributed by atoms with Crippen molar-refractivity contribution in [3.8, 4) is 0 Å². The molecular weight excluding hydrogens is 316 g/mol. The third-order valence-electron chi connectivity index (χ3n) is 3.87. The van der Waals surface area contributed by atoms with Gasteiger partial charge in [0.25, 0.3) is 0 Å². The van der Waals surface area contributed by atoms with E-state index in [1.54, 1.807) is 0 Å². The van der Waals surface area contributed by atoms with Gasteiger partial charge in [-0.2, -0.15) is 0 Å². The number of piperidine rings is 1. The van der Waals surface area contributed by atoms with Crippen LogP contribution in [0.25, 0.3) is 0 Å². The summed E-state index contributed by atoms with van der Waals surface area (Å²) in [4.78, 5) is 16.9. The topological polar surface area (TPSA) is 23.6 Å². The highest BCUT2D eigenvalue weighted by Gasteiger charge is 2.22. The highest BCUT2D eigenvalue weighted by atomic mass is 79.9. The standard InChI is InChI=1S/C16H23BrN2O/c1-18(2)11-13-7-9-19(10-8-13)12-16(20)14-5-3-4-6-15(14)17/h3-6,13H,7-12H2,1-2H3. The summed E-state index contributed by atoms with van der Waals surface area (Å²) < 4.78 is 0.896.